The summed E-state index contributed by atoms with van der Waals surface area (Å²) in [5.41, 5.74) is 0.864. The van der Waals surface area contributed by atoms with Crippen LogP contribution in [0.1, 0.15) is 12.3 Å². The second kappa shape index (κ2) is 5.91. The van der Waals surface area contributed by atoms with E-state index in [1.165, 1.54) is 0 Å². The van der Waals surface area contributed by atoms with Gasteiger partial charge in [0.25, 0.3) is 0 Å². The minimum atomic E-state index is 0.246. The first-order valence-corrected chi connectivity index (χ1v) is 7.04. The van der Waals surface area contributed by atoms with E-state index in [0.29, 0.717) is 29.3 Å². The van der Waals surface area contributed by atoms with Gasteiger partial charge in [-0.15, -0.1) is 10.2 Å². The van der Waals surface area contributed by atoms with Gasteiger partial charge < -0.3 is 9.52 Å². The summed E-state index contributed by atoms with van der Waals surface area (Å²) in [6.45, 7) is 2.73. The second-order valence-corrected chi connectivity index (χ2v) is 5.52. The van der Waals surface area contributed by atoms with E-state index in [1.807, 2.05) is 12.1 Å². The average Bonchev–Trinajstić information content (AvgIpc) is 3.09. The summed E-state index contributed by atoms with van der Waals surface area (Å²) in [6, 6.07) is 7.31. The van der Waals surface area contributed by atoms with Crippen molar-refractivity contribution in [2.45, 2.75) is 13.0 Å². The molecule has 1 saturated heterocycles. The highest BCUT2D eigenvalue weighted by Gasteiger charge is 2.23. The quantitative estimate of drug-likeness (QED) is 0.936. The van der Waals surface area contributed by atoms with Crippen molar-refractivity contribution < 1.29 is 9.52 Å². The number of aliphatic hydroxyl groups is 1. The molecule has 1 aliphatic heterocycles. The summed E-state index contributed by atoms with van der Waals surface area (Å²) in [4.78, 5) is 2.22. The topological polar surface area (TPSA) is 62.4 Å². The van der Waals surface area contributed by atoms with Gasteiger partial charge in [-0.2, -0.15) is 0 Å². The first kappa shape index (κ1) is 13.5. The van der Waals surface area contributed by atoms with E-state index in [4.69, 9.17) is 21.1 Å². The Balaban J connectivity index is 1.66. The highest BCUT2D eigenvalue weighted by molar-refractivity contribution is 6.30. The number of hydrogen-bond acceptors (Lipinski definition) is 5. The van der Waals surface area contributed by atoms with Crippen molar-refractivity contribution in [1.82, 2.24) is 15.1 Å². The largest absolute Gasteiger partial charge is 0.419 e. The highest BCUT2D eigenvalue weighted by Crippen LogP contribution is 2.22. The third-order valence-electron chi connectivity index (χ3n) is 3.55. The van der Waals surface area contributed by atoms with E-state index in [1.54, 1.807) is 12.1 Å². The van der Waals surface area contributed by atoms with Crippen molar-refractivity contribution in [3.05, 3.63) is 35.2 Å². The van der Waals surface area contributed by atoms with E-state index in [-0.39, 0.29) is 6.61 Å². The summed E-state index contributed by atoms with van der Waals surface area (Å²) in [5, 5.41) is 18.0. The summed E-state index contributed by atoms with van der Waals surface area (Å²) >= 11 is 5.85. The zero-order chi connectivity index (χ0) is 13.9. The van der Waals surface area contributed by atoms with Crippen LogP contribution < -0.4 is 0 Å². The van der Waals surface area contributed by atoms with Crippen molar-refractivity contribution in [2.24, 2.45) is 5.92 Å². The number of rotatable bonds is 4. The molecule has 1 N–H and O–H groups in total. The Bertz CT molecular complexity index is 570. The van der Waals surface area contributed by atoms with E-state index in [0.717, 1.165) is 25.1 Å². The van der Waals surface area contributed by atoms with Crippen LogP contribution in [0.2, 0.25) is 5.02 Å². The Morgan fingerprint density at radius 1 is 1.30 bits per heavy atom. The molecule has 0 saturated carbocycles. The molecule has 2 aromatic rings. The van der Waals surface area contributed by atoms with E-state index < -0.39 is 0 Å². The van der Waals surface area contributed by atoms with Crippen LogP contribution in [0.4, 0.5) is 0 Å². The van der Waals surface area contributed by atoms with Gasteiger partial charge >= 0.3 is 0 Å². The number of benzene rings is 1. The van der Waals surface area contributed by atoms with Crippen LogP contribution in [0.25, 0.3) is 11.5 Å². The maximum absolute atomic E-state index is 9.14. The van der Waals surface area contributed by atoms with Gasteiger partial charge in [-0.05, 0) is 43.1 Å². The fraction of sp³-hybridized carbons (Fsp3) is 0.429. The number of nitrogens with zero attached hydrogens (tertiary/aromatic N) is 3. The lowest BCUT2D eigenvalue weighted by molar-refractivity contribution is 0.215. The average molecular weight is 294 g/mol. The number of aliphatic hydroxyl groups excluding tert-OH is 1. The minimum absolute atomic E-state index is 0.246. The van der Waals surface area contributed by atoms with E-state index >= 15 is 0 Å². The third-order valence-corrected chi connectivity index (χ3v) is 3.80. The molecule has 0 amide bonds. The molecule has 6 heteroatoms. The molecule has 1 aromatic carbocycles. The molecule has 0 bridgehead atoms. The molecule has 2 heterocycles. The maximum atomic E-state index is 9.14. The monoisotopic (exact) mass is 293 g/mol. The lowest BCUT2D eigenvalue weighted by Crippen LogP contribution is -2.21. The normalized spacial score (nSPS) is 19.6. The van der Waals surface area contributed by atoms with Crippen molar-refractivity contribution in [3.8, 4) is 11.5 Å². The maximum Gasteiger partial charge on any atom is 0.247 e. The van der Waals surface area contributed by atoms with Crippen LogP contribution in [0.15, 0.2) is 28.7 Å². The van der Waals surface area contributed by atoms with Crippen molar-refractivity contribution in [2.75, 3.05) is 19.7 Å². The molecule has 20 heavy (non-hydrogen) atoms. The van der Waals surface area contributed by atoms with Crippen molar-refractivity contribution >= 4 is 11.6 Å². The Hall–Kier alpha value is -1.43. The van der Waals surface area contributed by atoms with Gasteiger partial charge in [-0.1, -0.05) is 11.6 Å². The molecule has 0 spiro atoms. The lowest BCUT2D eigenvalue weighted by atomic mass is 10.1. The lowest BCUT2D eigenvalue weighted by Gasteiger charge is -2.12. The van der Waals surface area contributed by atoms with E-state index in [2.05, 4.69) is 15.1 Å². The predicted molar refractivity (Wildman–Crippen MR) is 75.2 cm³/mol. The van der Waals surface area contributed by atoms with Crippen LogP contribution in [0.3, 0.4) is 0 Å². The summed E-state index contributed by atoms with van der Waals surface area (Å²) in [5.74, 6) is 1.48. The number of halogens is 1. The van der Waals surface area contributed by atoms with E-state index in [9.17, 15) is 0 Å². The smallest absolute Gasteiger partial charge is 0.247 e. The number of hydrogen-bond donors (Lipinski definition) is 1. The molecule has 1 fully saturated rings. The van der Waals surface area contributed by atoms with Gasteiger partial charge in [0.1, 0.15) is 0 Å². The van der Waals surface area contributed by atoms with Crippen molar-refractivity contribution in [1.29, 1.82) is 0 Å². The molecule has 1 aromatic heterocycles. The minimum Gasteiger partial charge on any atom is -0.419 e. The molecule has 3 rings (SSSR count). The Kier molecular flexibility index (Phi) is 4.00. The van der Waals surface area contributed by atoms with Crippen molar-refractivity contribution in [3.63, 3.8) is 0 Å². The molecule has 0 aliphatic carbocycles. The molecule has 1 atom stereocenters. The molecular weight excluding hydrogens is 278 g/mol. The van der Waals surface area contributed by atoms with Crippen LogP contribution in [0, 0.1) is 5.92 Å². The molecular formula is C14H16ClN3O2. The molecule has 106 valence electrons. The fourth-order valence-electron chi connectivity index (χ4n) is 2.42. The molecule has 1 unspecified atom stereocenters. The van der Waals surface area contributed by atoms with Gasteiger partial charge in [0, 0.05) is 23.7 Å². The van der Waals surface area contributed by atoms with Gasteiger partial charge in [-0.3, -0.25) is 4.90 Å². The fourth-order valence-corrected chi connectivity index (χ4v) is 2.55. The molecule has 1 aliphatic rings. The first-order valence-electron chi connectivity index (χ1n) is 6.66. The summed E-state index contributed by atoms with van der Waals surface area (Å²) in [7, 11) is 0. The zero-order valence-corrected chi connectivity index (χ0v) is 11.8. The predicted octanol–water partition coefficient (Wildman–Crippen LogP) is 2.20. The first-order chi connectivity index (χ1) is 9.74. The summed E-state index contributed by atoms with van der Waals surface area (Å²) < 4.78 is 5.67. The Morgan fingerprint density at radius 3 is 2.80 bits per heavy atom. The second-order valence-electron chi connectivity index (χ2n) is 5.08. The Morgan fingerprint density at radius 2 is 2.10 bits per heavy atom. The van der Waals surface area contributed by atoms with Crippen LogP contribution in [0.5, 0.6) is 0 Å². The van der Waals surface area contributed by atoms with Gasteiger partial charge in [0.15, 0.2) is 0 Å². The highest BCUT2D eigenvalue weighted by atomic mass is 35.5. The van der Waals surface area contributed by atoms with Crippen LogP contribution in [-0.4, -0.2) is 39.9 Å². The number of likely N-dealkylation sites (tertiary alicyclic amines) is 1. The van der Waals surface area contributed by atoms with Crippen LogP contribution in [-0.2, 0) is 6.54 Å². The molecule has 5 nitrogen and oxygen atoms in total. The number of aromatic nitrogens is 2. The Labute approximate surface area is 122 Å². The standard InChI is InChI=1S/C14H16ClN3O2/c15-12-3-1-11(2-4-12)14-17-16-13(20-14)8-18-6-5-10(7-18)9-19/h1-4,10,19H,5-9H2. The summed E-state index contributed by atoms with van der Waals surface area (Å²) in [6.07, 6.45) is 1.02. The zero-order valence-electron chi connectivity index (χ0n) is 11.0. The molecule has 0 radical (unpaired) electrons. The SMILES string of the molecule is OCC1CCN(Cc2nnc(-c3ccc(Cl)cc3)o2)C1. The third kappa shape index (κ3) is 3.00. The van der Waals surface area contributed by atoms with Gasteiger partial charge in [0.2, 0.25) is 11.8 Å². The van der Waals surface area contributed by atoms with Gasteiger partial charge in [-0.25, -0.2) is 0 Å². The van der Waals surface area contributed by atoms with Gasteiger partial charge in [0.05, 0.1) is 6.54 Å². The van der Waals surface area contributed by atoms with Crippen LogP contribution >= 0.6 is 11.6 Å².